The maximum absolute atomic E-state index is 13.1. The van der Waals surface area contributed by atoms with Gasteiger partial charge in [-0.3, -0.25) is 4.79 Å². The van der Waals surface area contributed by atoms with E-state index in [-0.39, 0.29) is 5.91 Å². The van der Waals surface area contributed by atoms with Crippen LogP contribution in [0.3, 0.4) is 0 Å². The van der Waals surface area contributed by atoms with Gasteiger partial charge in [0.2, 0.25) is 5.91 Å². The number of anilines is 1. The molecule has 0 spiro atoms. The molecule has 6 rings (SSSR count). The summed E-state index contributed by atoms with van der Waals surface area (Å²) in [6.45, 7) is 3.56. The molecule has 3 aromatic rings. The second-order valence-electron chi connectivity index (χ2n) is 10.3. The summed E-state index contributed by atoms with van der Waals surface area (Å²) in [7, 11) is 0. The summed E-state index contributed by atoms with van der Waals surface area (Å²) < 4.78 is 2.34. The first-order chi connectivity index (χ1) is 17.1. The number of nitrogens with zero attached hydrogens (tertiary/aromatic N) is 3. The van der Waals surface area contributed by atoms with Crippen LogP contribution in [0, 0.1) is 0 Å². The molecule has 2 aliphatic heterocycles. The molecule has 0 radical (unpaired) electrons. The Hall–Kier alpha value is -3.28. The molecule has 0 bridgehead atoms. The highest BCUT2D eigenvalue weighted by Gasteiger charge is 2.31. The van der Waals surface area contributed by atoms with E-state index in [1.54, 1.807) is 6.07 Å². The van der Waals surface area contributed by atoms with Crippen LogP contribution >= 0.6 is 0 Å². The van der Waals surface area contributed by atoms with Gasteiger partial charge in [0.1, 0.15) is 0 Å². The Bertz CT molecular complexity index is 1280. The molecule has 1 aliphatic carbocycles. The molecule has 0 atom stereocenters. The summed E-state index contributed by atoms with van der Waals surface area (Å²) in [5.74, 6) is -0.216. The average Bonchev–Trinajstić information content (AvgIpc) is 3.50. The van der Waals surface area contributed by atoms with Gasteiger partial charge >= 0.3 is 5.97 Å². The van der Waals surface area contributed by atoms with Crippen LogP contribution in [0.2, 0.25) is 0 Å². The Kier molecular flexibility index (Phi) is 5.75. The van der Waals surface area contributed by atoms with Crippen LogP contribution in [0.25, 0.3) is 22.2 Å². The van der Waals surface area contributed by atoms with E-state index in [9.17, 15) is 14.7 Å². The molecule has 3 aliphatic rings. The maximum Gasteiger partial charge on any atom is 0.335 e. The number of likely N-dealkylation sites (tertiary alicyclic amines) is 1. The van der Waals surface area contributed by atoms with Crippen molar-refractivity contribution >= 4 is 28.5 Å². The number of fused-ring (bicyclic) bond motifs is 5. The standard InChI is InChI=1S/C29H33N3O3/c33-26(30-14-6-7-15-30)19-31-16-17-32-25-18-21(29(34)35)12-13-22(25)27(20-8-2-1-3-9-20)28(32)23-10-4-5-11-24(23)31/h4-5,10-13,18,20H,1-3,6-9,14-17,19H2,(H,34,35). The summed E-state index contributed by atoms with van der Waals surface area (Å²) in [5, 5.41) is 10.9. The predicted octanol–water partition coefficient (Wildman–Crippen LogP) is 5.50. The third-order valence-corrected chi connectivity index (χ3v) is 8.24. The lowest BCUT2D eigenvalue weighted by molar-refractivity contribution is -0.128. The van der Waals surface area contributed by atoms with Crippen molar-refractivity contribution in [3.05, 3.63) is 53.6 Å². The van der Waals surface area contributed by atoms with Gasteiger partial charge in [-0.25, -0.2) is 4.79 Å². The normalized spacial score (nSPS) is 18.4. The smallest absolute Gasteiger partial charge is 0.335 e. The fourth-order valence-electron chi connectivity index (χ4n) is 6.52. The molecule has 3 heterocycles. The molecular formula is C29H33N3O3. The van der Waals surface area contributed by atoms with E-state index in [1.165, 1.54) is 48.7 Å². The molecule has 6 nitrogen and oxygen atoms in total. The average molecular weight is 472 g/mol. The first kappa shape index (κ1) is 22.2. The molecule has 1 saturated carbocycles. The molecule has 1 aromatic heterocycles. The minimum absolute atomic E-state index is 0.203. The molecule has 1 saturated heterocycles. The number of aromatic carboxylic acids is 1. The Morgan fingerprint density at radius 2 is 1.66 bits per heavy atom. The van der Waals surface area contributed by atoms with E-state index in [0.717, 1.165) is 55.8 Å². The molecule has 35 heavy (non-hydrogen) atoms. The van der Waals surface area contributed by atoms with E-state index in [0.29, 0.717) is 18.0 Å². The van der Waals surface area contributed by atoms with Crippen LogP contribution in [0.15, 0.2) is 42.5 Å². The fraction of sp³-hybridized carbons (Fsp3) is 0.448. The lowest BCUT2D eigenvalue weighted by atomic mass is 9.81. The summed E-state index contributed by atoms with van der Waals surface area (Å²) in [6, 6.07) is 14.1. The van der Waals surface area contributed by atoms with Crippen molar-refractivity contribution in [1.29, 1.82) is 0 Å². The van der Waals surface area contributed by atoms with Crippen LogP contribution in [0.4, 0.5) is 5.69 Å². The monoisotopic (exact) mass is 471 g/mol. The summed E-state index contributed by atoms with van der Waals surface area (Å²) in [6.07, 6.45) is 8.30. The van der Waals surface area contributed by atoms with Crippen molar-refractivity contribution in [1.82, 2.24) is 9.47 Å². The third kappa shape index (κ3) is 3.89. The fourth-order valence-corrected chi connectivity index (χ4v) is 6.52. The Morgan fingerprint density at radius 3 is 2.43 bits per heavy atom. The summed E-state index contributed by atoms with van der Waals surface area (Å²) >= 11 is 0. The number of carbonyl (C=O) groups excluding carboxylic acids is 1. The van der Waals surface area contributed by atoms with Gasteiger partial charge < -0.3 is 19.5 Å². The number of benzene rings is 2. The number of hydrogen-bond acceptors (Lipinski definition) is 3. The second kappa shape index (κ2) is 9.06. The SMILES string of the molecule is O=C(O)c1ccc2c(C3CCCCC3)c3n(c2c1)CCN(CC(=O)N1CCCC1)c1ccccc1-3. The van der Waals surface area contributed by atoms with E-state index in [2.05, 4.69) is 33.7 Å². The van der Waals surface area contributed by atoms with Gasteiger partial charge in [-0.2, -0.15) is 0 Å². The maximum atomic E-state index is 13.1. The van der Waals surface area contributed by atoms with Gasteiger partial charge in [0.25, 0.3) is 0 Å². The van der Waals surface area contributed by atoms with E-state index < -0.39 is 5.97 Å². The van der Waals surface area contributed by atoms with Crippen molar-refractivity contribution in [2.24, 2.45) is 0 Å². The molecule has 1 N–H and O–H groups in total. The number of aromatic nitrogens is 1. The Balaban J connectivity index is 1.51. The predicted molar refractivity (Wildman–Crippen MR) is 138 cm³/mol. The Morgan fingerprint density at radius 1 is 0.886 bits per heavy atom. The minimum atomic E-state index is -0.895. The first-order valence-corrected chi connectivity index (χ1v) is 13.1. The largest absolute Gasteiger partial charge is 0.478 e. The molecule has 2 fully saturated rings. The number of hydrogen-bond donors (Lipinski definition) is 1. The molecule has 182 valence electrons. The van der Waals surface area contributed by atoms with Gasteiger partial charge in [0.15, 0.2) is 0 Å². The number of carboxylic acids is 1. The molecule has 1 amide bonds. The molecular weight excluding hydrogens is 438 g/mol. The zero-order chi connectivity index (χ0) is 23.9. The highest BCUT2D eigenvalue weighted by Crippen LogP contribution is 2.47. The molecule has 6 heteroatoms. The van der Waals surface area contributed by atoms with Crippen molar-refractivity contribution < 1.29 is 14.7 Å². The van der Waals surface area contributed by atoms with Crippen molar-refractivity contribution in [2.75, 3.05) is 31.1 Å². The van der Waals surface area contributed by atoms with Crippen molar-refractivity contribution in [3.63, 3.8) is 0 Å². The second-order valence-corrected chi connectivity index (χ2v) is 10.3. The van der Waals surface area contributed by atoms with Crippen LogP contribution in [-0.2, 0) is 11.3 Å². The van der Waals surface area contributed by atoms with Crippen LogP contribution in [0.1, 0.15) is 66.8 Å². The van der Waals surface area contributed by atoms with Gasteiger partial charge in [0.05, 0.1) is 17.8 Å². The summed E-state index contributed by atoms with van der Waals surface area (Å²) in [4.78, 5) is 29.2. The van der Waals surface area contributed by atoms with E-state index in [4.69, 9.17) is 0 Å². The molecule has 2 aromatic carbocycles. The van der Waals surface area contributed by atoms with Crippen molar-refractivity contribution in [3.8, 4) is 11.3 Å². The number of amides is 1. The van der Waals surface area contributed by atoms with Gasteiger partial charge in [-0.1, -0.05) is 43.5 Å². The number of carbonyl (C=O) groups is 2. The zero-order valence-corrected chi connectivity index (χ0v) is 20.2. The lowest BCUT2D eigenvalue weighted by Gasteiger charge is -2.27. The summed E-state index contributed by atoms with van der Waals surface area (Å²) in [5.41, 5.74) is 6.19. The number of carboxylic acid groups (broad SMARTS) is 1. The Labute approximate surface area is 206 Å². The van der Waals surface area contributed by atoms with Gasteiger partial charge in [-0.05, 0) is 55.4 Å². The third-order valence-electron chi connectivity index (χ3n) is 8.24. The minimum Gasteiger partial charge on any atom is -0.478 e. The number of rotatable bonds is 4. The van der Waals surface area contributed by atoms with Crippen LogP contribution in [-0.4, -0.2) is 52.6 Å². The van der Waals surface area contributed by atoms with Crippen LogP contribution < -0.4 is 4.90 Å². The first-order valence-electron chi connectivity index (χ1n) is 13.1. The quantitative estimate of drug-likeness (QED) is 0.546. The van der Waals surface area contributed by atoms with Gasteiger partial charge in [0, 0.05) is 48.3 Å². The lowest BCUT2D eigenvalue weighted by Crippen LogP contribution is -2.40. The van der Waals surface area contributed by atoms with Crippen molar-refractivity contribution in [2.45, 2.75) is 57.4 Å². The highest BCUT2D eigenvalue weighted by molar-refractivity contribution is 6.00. The van der Waals surface area contributed by atoms with Crippen LogP contribution in [0.5, 0.6) is 0 Å². The zero-order valence-electron chi connectivity index (χ0n) is 20.2. The van der Waals surface area contributed by atoms with E-state index in [1.807, 2.05) is 17.0 Å². The topological polar surface area (TPSA) is 65.8 Å². The number of para-hydroxylation sites is 1. The molecule has 0 unspecified atom stereocenters. The van der Waals surface area contributed by atoms with Gasteiger partial charge in [-0.15, -0.1) is 0 Å². The van der Waals surface area contributed by atoms with E-state index >= 15 is 0 Å². The highest BCUT2D eigenvalue weighted by atomic mass is 16.4.